The number of amides is 1. The Bertz CT molecular complexity index is 1030. The number of anilines is 1. The van der Waals surface area contributed by atoms with Gasteiger partial charge in [0.05, 0.1) is 21.0 Å². The second-order valence-corrected chi connectivity index (χ2v) is 9.36. The number of carbonyl (C=O) groups excluding carboxylic acids is 1. The number of nitro groups is 1. The molecule has 3 rings (SSSR count). The molecule has 12 heteroatoms. The summed E-state index contributed by atoms with van der Waals surface area (Å²) in [4.78, 5) is 29.6. The molecule has 0 unspecified atom stereocenters. The van der Waals surface area contributed by atoms with Crippen molar-refractivity contribution in [3.63, 3.8) is 0 Å². The second-order valence-electron chi connectivity index (χ2n) is 6.62. The third kappa shape index (κ3) is 4.54. The Morgan fingerprint density at radius 1 is 1.34 bits per heavy atom. The highest BCUT2D eigenvalue weighted by Crippen LogP contribution is 2.32. The Labute approximate surface area is 172 Å². The molecule has 0 aliphatic carbocycles. The third-order valence-electron chi connectivity index (χ3n) is 4.85. The average Bonchev–Trinajstić information content (AvgIpc) is 3.14. The Balaban J connectivity index is 1.71. The highest BCUT2D eigenvalue weighted by atomic mass is 32.2. The number of sulfonamides is 1. The van der Waals surface area contributed by atoms with E-state index >= 15 is 0 Å². The maximum Gasteiger partial charge on any atom is 0.293 e. The quantitative estimate of drug-likeness (QED) is 0.516. The highest BCUT2D eigenvalue weighted by molar-refractivity contribution is 7.89. The lowest BCUT2D eigenvalue weighted by Gasteiger charge is -2.33. The van der Waals surface area contributed by atoms with Gasteiger partial charge in [-0.05, 0) is 38.9 Å². The number of aryl methyl sites for hydroxylation is 1. The van der Waals surface area contributed by atoms with Crippen LogP contribution in [0.4, 0.5) is 11.4 Å². The van der Waals surface area contributed by atoms with Crippen molar-refractivity contribution in [3.05, 3.63) is 44.4 Å². The van der Waals surface area contributed by atoms with E-state index in [2.05, 4.69) is 15.0 Å². The number of nitro benzene ring substituents is 1. The van der Waals surface area contributed by atoms with Crippen LogP contribution in [0.1, 0.15) is 28.2 Å². The summed E-state index contributed by atoms with van der Waals surface area (Å²) in [6.07, 6.45) is 1.24. The molecule has 10 nitrogen and oxygen atoms in total. The van der Waals surface area contributed by atoms with Crippen molar-refractivity contribution >= 4 is 38.6 Å². The Morgan fingerprint density at radius 2 is 2.03 bits per heavy atom. The summed E-state index contributed by atoms with van der Waals surface area (Å²) in [5.41, 5.74) is 2.43. The van der Waals surface area contributed by atoms with E-state index in [1.807, 2.05) is 4.90 Å². The van der Waals surface area contributed by atoms with E-state index in [1.54, 1.807) is 12.4 Å². The van der Waals surface area contributed by atoms with Crippen LogP contribution in [0.15, 0.2) is 28.6 Å². The van der Waals surface area contributed by atoms with E-state index in [0.717, 1.165) is 6.07 Å². The van der Waals surface area contributed by atoms with Gasteiger partial charge in [-0.15, -0.1) is 11.3 Å². The summed E-state index contributed by atoms with van der Waals surface area (Å²) in [5, 5.41) is 14.5. The maximum absolute atomic E-state index is 12.3. The lowest BCUT2D eigenvalue weighted by Crippen LogP contribution is -2.44. The van der Waals surface area contributed by atoms with Crippen LogP contribution in [0.2, 0.25) is 0 Å². The van der Waals surface area contributed by atoms with E-state index in [1.165, 1.54) is 30.5 Å². The molecule has 0 spiro atoms. The topological polar surface area (TPSA) is 135 Å². The molecular weight excluding hydrogens is 418 g/mol. The standard InChI is InChI=1S/C17H21N5O5S2/c1-11-16(28-10-19-11)17(23)20-12-5-7-21(8-6-12)14-4-3-13(29(26,27)18-2)9-15(14)22(24)25/h3-4,9-10,12,18H,5-8H2,1-2H3,(H,20,23). The van der Waals surface area contributed by atoms with Crippen molar-refractivity contribution in [2.75, 3.05) is 25.0 Å². The molecule has 0 radical (unpaired) electrons. The summed E-state index contributed by atoms with van der Waals surface area (Å²) in [5.74, 6) is -0.156. The van der Waals surface area contributed by atoms with Crippen LogP contribution < -0.4 is 14.9 Å². The van der Waals surface area contributed by atoms with Gasteiger partial charge in [-0.2, -0.15) is 0 Å². The van der Waals surface area contributed by atoms with E-state index in [9.17, 15) is 23.3 Å². The molecule has 156 valence electrons. The van der Waals surface area contributed by atoms with Gasteiger partial charge in [-0.1, -0.05) is 0 Å². The minimum atomic E-state index is -3.77. The maximum atomic E-state index is 12.3. The Morgan fingerprint density at radius 3 is 2.59 bits per heavy atom. The van der Waals surface area contributed by atoms with Crippen LogP contribution in [-0.4, -0.2) is 50.4 Å². The van der Waals surface area contributed by atoms with E-state index in [0.29, 0.717) is 42.2 Å². The predicted molar refractivity (Wildman–Crippen MR) is 109 cm³/mol. The number of hydrogen-bond donors (Lipinski definition) is 2. The smallest absolute Gasteiger partial charge is 0.293 e. The molecule has 0 saturated carbocycles. The number of carbonyl (C=O) groups is 1. The van der Waals surface area contributed by atoms with Crippen LogP contribution >= 0.6 is 11.3 Å². The van der Waals surface area contributed by atoms with Crippen LogP contribution in [0, 0.1) is 17.0 Å². The Kier molecular flexibility index (Phi) is 6.15. The second kappa shape index (κ2) is 8.43. The number of nitrogens with one attached hydrogen (secondary N) is 2. The van der Waals surface area contributed by atoms with Gasteiger partial charge in [0, 0.05) is 25.2 Å². The molecule has 0 bridgehead atoms. The molecule has 1 saturated heterocycles. The number of nitrogens with zero attached hydrogens (tertiary/aromatic N) is 3. The van der Waals surface area contributed by atoms with Gasteiger partial charge >= 0.3 is 0 Å². The van der Waals surface area contributed by atoms with Crippen LogP contribution in [-0.2, 0) is 10.0 Å². The first-order valence-electron chi connectivity index (χ1n) is 8.91. The first-order valence-corrected chi connectivity index (χ1v) is 11.3. The summed E-state index contributed by atoms with van der Waals surface area (Å²) < 4.78 is 26.0. The van der Waals surface area contributed by atoms with Gasteiger partial charge in [0.25, 0.3) is 11.6 Å². The summed E-state index contributed by atoms with van der Waals surface area (Å²) in [7, 11) is -2.52. The monoisotopic (exact) mass is 439 g/mol. The van der Waals surface area contributed by atoms with E-state index < -0.39 is 14.9 Å². The molecule has 0 atom stereocenters. The Hall–Kier alpha value is -2.57. The van der Waals surface area contributed by atoms with Crippen molar-refractivity contribution in [2.24, 2.45) is 0 Å². The fraction of sp³-hybridized carbons (Fsp3) is 0.412. The third-order valence-corrected chi connectivity index (χ3v) is 7.18. The first kappa shape index (κ1) is 21.1. The van der Waals surface area contributed by atoms with Gasteiger partial charge < -0.3 is 10.2 Å². The first-order chi connectivity index (χ1) is 13.7. The zero-order valence-corrected chi connectivity index (χ0v) is 17.5. The van der Waals surface area contributed by atoms with Gasteiger partial charge in [0.15, 0.2) is 0 Å². The van der Waals surface area contributed by atoms with Crippen molar-refractivity contribution in [2.45, 2.75) is 30.7 Å². The molecule has 1 amide bonds. The number of hydrogen-bond acceptors (Lipinski definition) is 8. The van der Waals surface area contributed by atoms with E-state index in [-0.39, 0.29) is 22.5 Å². The van der Waals surface area contributed by atoms with Crippen LogP contribution in [0.3, 0.4) is 0 Å². The van der Waals surface area contributed by atoms with Gasteiger partial charge in [-0.3, -0.25) is 14.9 Å². The molecule has 1 fully saturated rings. The molecule has 2 heterocycles. The van der Waals surface area contributed by atoms with Crippen LogP contribution in [0.25, 0.3) is 0 Å². The largest absolute Gasteiger partial charge is 0.366 e. The van der Waals surface area contributed by atoms with Gasteiger partial charge in [0.2, 0.25) is 10.0 Å². The van der Waals surface area contributed by atoms with Crippen molar-refractivity contribution < 1.29 is 18.1 Å². The number of piperidine rings is 1. The molecule has 1 aliphatic rings. The number of rotatable bonds is 6. The summed E-state index contributed by atoms with van der Waals surface area (Å²) in [6.45, 7) is 2.79. The lowest BCUT2D eigenvalue weighted by molar-refractivity contribution is -0.384. The molecule has 1 aromatic heterocycles. The minimum absolute atomic E-state index is 0.0387. The fourth-order valence-corrected chi connectivity index (χ4v) is 4.69. The summed E-state index contributed by atoms with van der Waals surface area (Å²) in [6, 6.07) is 3.85. The summed E-state index contributed by atoms with van der Waals surface area (Å²) >= 11 is 1.29. The molecular formula is C17H21N5O5S2. The fourth-order valence-electron chi connectivity index (χ4n) is 3.24. The number of aromatic nitrogens is 1. The van der Waals surface area contributed by atoms with Crippen molar-refractivity contribution in [3.8, 4) is 0 Å². The van der Waals surface area contributed by atoms with Gasteiger partial charge in [0.1, 0.15) is 10.6 Å². The molecule has 29 heavy (non-hydrogen) atoms. The number of benzene rings is 1. The van der Waals surface area contributed by atoms with Gasteiger partial charge in [-0.25, -0.2) is 18.1 Å². The SMILES string of the molecule is CNS(=O)(=O)c1ccc(N2CCC(NC(=O)c3scnc3C)CC2)c([N+](=O)[O-])c1. The van der Waals surface area contributed by atoms with E-state index in [4.69, 9.17) is 0 Å². The molecule has 1 aromatic carbocycles. The highest BCUT2D eigenvalue weighted by Gasteiger charge is 2.28. The van der Waals surface area contributed by atoms with Crippen LogP contribution in [0.5, 0.6) is 0 Å². The molecule has 2 aromatic rings. The normalized spacial score (nSPS) is 15.3. The zero-order valence-electron chi connectivity index (χ0n) is 15.9. The lowest BCUT2D eigenvalue weighted by atomic mass is 10.0. The predicted octanol–water partition coefficient (Wildman–Crippen LogP) is 1.67. The minimum Gasteiger partial charge on any atom is -0.366 e. The van der Waals surface area contributed by atoms with Crippen molar-refractivity contribution in [1.29, 1.82) is 0 Å². The number of thiazole rings is 1. The molecule has 2 N–H and O–H groups in total. The zero-order chi connectivity index (χ0) is 21.2. The molecule has 1 aliphatic heterocycles. The average molecular weight is 440 g/mol. The van der Waals surface area contributed by atoms with Crippen molar-refractivity contribution in [1.82, 2.24) is 15.0 Å².